The zero-order valence-corrected chi connectivity index (χ0v) is 23.4. The molecule has 4 aromatic rings. The molecule has 42 heavy (non-hydrogen) atoms. The number of non-ortho nitro benzene ring substituents is 1. The molecule has 5 rings (SSSR count). The van der Waals surface area contributed by atoms with E-state index >= 15 is 0 Å². The Morgan fingerprint density at radius 3 is 2.29 bits per heavy atom. The van der Waals surface area contributed by atoms with Crippen molar-refractivity contribution in [2.24, 2.45) is 0 Å². The molecule has 0 aliphatic carbocycles. The molecule has 1 aliphatic rings. The Labute approximate surface area is 248 Å². The highest BCUT2D eigenvalue weighted by molar-refractivity contribution is 9.10. The molecule has 0 radical (unpaired) electrons. The van der Waals surface area contributed by atoms with Crippen LogP contribution in [0.4, 0.5) is 16.2 Å². The second-order valence-electron chi connectivity index (χ2n) is 9.12. The van der Waals surface area contributed by atoms with Crippen LogP contribution in [0.5, 0.6) is 11.5 Å². The second-order valence-corrected chi connectivity index (χ2v) is 10.0. The van der Waals surface area contributed by atoms with Crippen LogP contribution < -0.4 is 19.7 Å². The smallest absolute Gasteiger partial charge is 0.335 e. The van der Waals surface area contributed by atoms with Crippen molar-refractivity contribution in [2.45, 2.75) is 13.2 Å². The van der Waals surface area contributed by atoms with E-state index in [9.17, 15) is 24.5 Å². The molecule has 4 aromatic carbocycles. The third-order valence-corrected chi connectivity index (χ3v) is 6.78. The lowest BCUT2D eigenvalue weighted by Gasteiger charge is -2.26. The maximum absolute atomic E-state index is 13.4. The largest absolute Gasteiger partial charge is 0.489 e. The Balaban J connectivity index is 1.33. The summed E-state index contributed by atoms with van der Waals surface area (Å²) in [5, 5.41) is 13.3. The second kappa shape index (κ2) is 12.5. The van der Waals surface area contributed by atoms with Gasteiger partial charge in [-0.3, -0.25) is 25.0 Å². The van der Waals surface area contributed by atoms with Crippen LogP contribution in [0.2, 0.25) is 0 Å². The molecule has 1 fully saturated rings. The van der Waals surface area contributed by atoms with E-state index in [-0.39, 0.29) is 23.6 Å². The summed E-state index contributed by atoms with van der Waals surface area (Å²) in [6.45, 7) is 0.350. The predicted octanol–water partition coefficient (Wildman–Crippen LogP) is 6.18. The number of nitrogens with one attached hydrogen (secondary N) is 1. The summed E-state index contributed by atoms with van der Waals surface area (Å²) in [6.07, 6.45) is 1.34. The van der Waals surface area contributed by atoms with Gasteiger partial charge in [0.1, 0.15) is 30.3 Å². The van der Waals surface area contributed by atoms with Gasteiger partial charge in [-0.1, -0.05) is 58.4 Å². The molecular weight excluding hydrogens is 606 g/mol. The molecule has 10 nitrogen and oxygen atoms in total. The molecule has 0 unspecified atom stereocenters. The Kier molecular flexibility index (Phi) is 8.39. The molecule has 1 heterocycles. The molecule has 4 amide bonds. The fraction of sp³-hybridized carbons (Fsp3) is 0.0645. The van der Waals surface area contributed by atoms with Crippen molar-refractivity contribution >= 4 is 51.2 Å². The number of hydrogen-bond donors (Lipinski definition) is 1. The fourth-order valence-corrected chi connectivity index (χ4v) is 4.40. The van der Waals surface area contributed by atoms with Gasteiger partial charge in [-0.25, -0.2) is 9.69 Å². The van der Waals surface area contributed by atoms with Gasteiger partial charge in [0.15, 0.2) is 0 Å². The average Bonchev–Trinajstić information content (AvgIpc) is 2.99. The number of benzene rings is 4. The number of carbonyl (C=O) groups is 3. The van der Waals surface area contributed by atoms with E-state index in [0.717, 1.165) is 14.9 Å². The molecule has 0 spiro atoms. The number of rotatable bonds is 9. The summed E-state index contributed by atoms with van der Waals surface area (Å²) in [5.41, 5.74) is 1.87. The lowest BCUT2D eigenvalue weighted by Crippen LogP contribution is -2.54. The molecule has 0 saturated carbocycles. The van der Waals surface area contributed by atoms with Gasteiger partial charge < -0.3 is 9.47 Å². The lowest BCUT2D eigenvalue weighted by molar-refractivity contribution is -0.384. The minimum Gasteiger partial charge on any atom is -0.489 e. The van der Waals surface area contributed by atoms with E-state index in [4.69, 9.17) is 9.47 Å². The maximum atomic E-state index is 13.4. The number of amides is 4. The highest BCUT2D eigenvalue weighted by Crippen LogP contribution is 2.28. The Bertz CT molecular complexity index is 1700. The summed E-state index contributed by atoms with van der Waals surface area (Å²) in [5.74, 6) is -0.772. The van der Waals surface area contributed by atoms with Gasteiger partial charge in [-0.05, 0) is 59.7 Å². The van der Waals surface area contributed by atoms with Crippen LogP contribution in [0.3, 0.4) is 0 Å². The van der Waals surface area contributed by atoms with Gasteiger partial charge >= 0.3 is 6.03 Å². The first-order chi connectivity index (χ1) is 20.3. The summed E-state index contributed by atoms with van der Waals surface area (Å²) < 4.78 is 12.6. The van der Waals surface area contributed by atoms with Crippen LogP contribution in [0.25, 0.3) is 6.08 Å². The molecule has 0 atom stereocenters. The number of nitrogens with zero attached hydrogens (tertiary/aromatic N) is 2. The molecule has 1 saturated heterocycles. The van der Waals surface area contributed by atoms with Crippen LogP contribution in [0, 0.1) is 10.1 Å². The zero-order chi connectivity index (χ0) is 29.6. The normalized spacial score (nSPS) is 14.1. The Morgan fingerprint density at radius 2 is 1.55 bits per heavy atom. The van der Waals surface area contributed by atoms with Crippen LogP contribution in [-0.2, 0) is 22.8 Å². The molecule has 210 valence electrons. The summed E-state index contributed by atoms with van der Waals surface area (Å²) in [6, 6.07) is 25.9. The van der Waals surface area contributed by atoms with Crippen molar-refractivity contribution in [3.05, 3.63) is 134 Å². The van der Waals surface area contributed by atoms with Crippen molar-refractivity contribution in [1.82, 2.24) is 5.32 Å². The summed E-state index contributed by atoms with van der Waals surface area (Å²) in [4.78, 5) is 50.2. The minimum absolute atomic E-state index is 0.0167. The van der Waals surface area contributed by atoms with Crippen LogP contribution in [0.1, 0.15) is 16.7 Å². The number of nitro benzene ring substituents is 1. The van der Waals surface area contributed by atoms with Crippen molar-refractivity contribution in [1.29, 1.82) is 0 Å². The number of nitro groups is 1. The van der Waals surface area contributed by atoms with Crippen LogP contribution in [-0.4, -0.2) is 22.8 Å². The number of anilines is 1. The van der Waals surface area contributed by atoms with E-state index in [1.165, 1.54) is 18.2 Å². The van der Waals surface area contributed by atoms with Crippen molar-refractivity contribution in [3.63, 3.8) is 0 Å². The van der Waals surface area contributed by atoms with Gasteiger partial charge in [0.2, 0.25) is 0 Å². The average molecular weight is 628 g/mol. The first kappa shape index (κ1) is 28.2. The number of hydrogen-bond acceptors (Lipinski definition) is 7. The number of halogens is 1. The monoisotopic (exact) mass is 627 g/mol. The number of carbonyl (C=O) groups excluding carboxylic acids is 3. The molecule has 1 aliphatic heterocycles. The third kappa shape index (κ3) is 6.53. The van der Waals surface area contributed by atoms with Crippen molar-refractivity contribution in [3.8, 4) is 11.5 Å². The first-order valence-electron chi connectivity index (χ1n) is 12.6. The van der Waals surface area contributed by atoms with E-state index in [1.54, 1.807) is 60.7 Å². The molecular formula is C31H22BrN3O7. The number of barbiturate groups is 1. The number of urea groups is 1. The van der Waals surface area contributed by atoms with Gasteiger partial charge in [-0.2, -0.15) is 0 Å². The number of para-hydroxylation sites is 1. The maximum Gasteiger partial charge on any atom is 0.335 e. The minimum atomic E-state index is -0.874. The van der Waals surface area contributed by atoms with E-state index < -0.39 is 22.8 Å². The van der Waals surface area contributed by atoms with E-state index in [0.29, 0.717) is 29.2 Å². The predicted molar refractivity (Wildman–Crippen MR) is 158 cm³/mol. The van der Waals surface area contributed by atoms with E-state index in [2.05, 4.69) is 21.2 Å². The molecule has 1 N–H and O–H groups in total. The Morgan fingerprint density at radius 1 is 0.833 bits per heavy atom. The van der Waals surface area contributed by atoms with Crippen LogP contribution in [0.15, 0.2) is 107 Å². The van der Waals surface area contributed by atoms with Gasteiger partial charge in [0.05, 0.1) is 10.6 Å². The third-order valence-electron chi connectivity index (χ3n) is 6.25. The highest BCUT2D eigenvalue weighted by Gasteiger charge is 2.37. The molecule has 11 heteroatoms. The van der Waals surface area contributed by atoms with Crippen LogP contribution >= 0.6 is 15.9 Å². The van der Waals surface area contributed by atoms with Gasteiger partial charge in [-0.15, -0.1) is 0 Å². The number of imide groups is 2. The van der Waals surface area contributed by atoms with Crippen molar-refractivity contribution < 1.29 is 28.8 Å². The molecule has 0 aromatic heterocycles. The van der Waals surface area contributed by atoms with E-state index in [1.807, 2.05) is 24.3 Å². The topological polar surface area (TPSA) is 128 Å². The fourth-order valence-electron chi connectivity index (χ4n) is 4.14. The SMILES string of the molecule is O=C1NC(=O)N(c2ccc(OCc3ccc(Br)cc3)cc2)C(=O)/C1=C/c1ccccc1OCc1cccc([N+](=O)[O-])c1. The highest BCUT2D eigenvalue weighted by atomic mass is 79.9. The standard InChI is InChI=1S/C31H22BrN3O7/c32-23-10-8-20(9-11-23)18-41-26-14-12-24(13-15-26)34-30(37)27(29(36)33-31(34)38)17-22-5-1-2-7-28(22)42-19-21-4-3-6-25(16-21)35(39)40/h1-17H,18-19H2,(H,33,36,38)/b27-17+. The molecule has 0 bridgehead atoms. The summed E-state index contributed by atoms with van der Waals surface area (Å²) >= 11 is 3.39. The Hall–Kier alpha value is -5.29. The zero-order valence-electron chi connectivity index (χ0n) is 21.9. The number of ether oxygens (including phenoxy) is 2. The van der Waals surface area contributed by atoms with Gasteiger partial charge in [0.25, 0.3) is 17.5 Å². The summed E-state index contributed by atoms with van der Waals surface area (Å²) in [7, 11) is 0. The van der Waals surface area contributed by atoms with Crippen molar-refractivity contribution in [2.75, 3.05) is 4.90 Å². The quantitative estimate of drug-likeness (QED) is 0.101. The lowest BCUT2D eigenvalue weighted by atomic mass is 10.1. The first-order valence-corrected chi connectivity index (χ1v) is 13.4. The van der Waals surface area contributed by atoms with Gasteiger partial charge in [0, 0.05) is 22.2 Å².